The molecule has 0 fully saturated rings. The highest BCUT2D eigenvalue weighted by Crippen LogP contribution is 2.09. The van der Waals surface area contributed by atoms with Gasteiger partial charge in [0.1, 0.15) is 0 Å². The molecule has 0 aliphatic rings. The standard InChI is InChI=1S/C13H30N2/c1-15-13-11-9-7-5-3-2-4-6-8-10-12-14/h15H,2-14H2,1H3. The average Bonchev–Trinajstić information content (AvgIpc) is 2.26. The van der Waals surface area contributed by atoms with Gasteiger partial charge in [-0.1, -0.05) is 51.4 Å². The van der Waals surface area contributed by atoms with Crippen LogP contribution in [-0.2, 0) is 0 Å². The van der Waals surface area contributed by atoms with E-state index in [1.54, 1.807) is 0 Å². The molecule has 92 valence electrons. The first-order valence-electron chi connectivity index (χ1n) is 6.76. The molecule has 0 aromatic heterocycles. The lowest BCUT2D eigenvalue weighted by atomic mass is 10.1. The molecular formula is C13H30N2. The molecule has 0 saturated carbocycles. The van der Waals surface area contributed by atoms with Crippen molar-refractivity contribution in [3.63, 3.8) is 0 Å². The number of unbranched alkanes of at least 4 members (excludes halogenated alkanes) is 9. The Morgan fingerprint density at radius 1 is 0.667 bits per heavy atom. The Balaban J connectivity index is 2.81. The van der Waals surface area contributed by atoms with Gasteiger partial charge < -0.3 is 11.1 Å². The highest BCUT2D eigenvalue weighted by Gasteiger charge is 1.92. The second kappa shape index (κ2) is 13.9. The van der Waals surface area contributed by atoms with E-state index in [1.165, 1.54) is 70.8 Å². The summed E-state index contributed by atoms with van der Waals surface area (Å²) in [5.74, 6) is 0. The Kier molecular flexibility index (Phi) is 13.8. The van der Waals surface area contributed by atoms with Gasteiger partial charge in [-0.25, -0.2) is 0 Å². The van der Waals surface area contributed by atoms with Crippen molar-refractivity contribution >= 4 is 0 Å². The molecule has 0 aliphatic carbocycles. The largest absolute Gasteiger partial charge is 0.330 e. The van der Waals surface area contributed by atoms with Gasteiger partial charge in [0, 0.05) is 0 Å². The molecule has 0 radical (unpaired) electrons. The summed E-state index contributed by atoms with van der Waals surface area (Å²) < 4.78 is 0. The predicted molar refractivity (Wildman–Crippen MR) is 69.2 cm³/mol. The van der Waals surface area contributed by atoms with Gasteiger partial charge >= 0.3 is 0 Å². The molecule has 0 saturated heterocycles. The second-order valence-corrected chi connectivity index (χ2v) is 4.43. The zero-order valence-electron chi connectivity index (χ0n) is 10.6. The van der Waals surface area contributed by atoms with Crippen molar-refractivity contribution in [2.75, 3.05) is 20.1 Å². The number of nitrogens with one attached hydrogen (secondary N) is 1. The monoisotopic (exact) mass is 214 g/mol. The molecule has 0 amide bonds. The molecule has 0 aliphatic heterocycles. The van der Waals surface area contributed by atoms with Gasteiger partial charge in [-0.05, 0) is 33.0 Å². The lowest BCUT2D eigenvalue weighted by Crippen LogP contribution is -2.06. The topological polar surface area (TPSA) is 38.0 Å². The van der Waals surface area contributed by atoms with Crippen molar-refractivity contribution in [2.45, 2.75) is 64.2 Å². The zero-order valence-corrected chi connectivity index (χ0v) is 10.6. The molecule has 2 heteroatoms. The van der Waals surface area contributed by atoms with Gasteiger partial charge in [0.15, 0.2) is 0 Å². The van der Waals surface area contributed by atoms with Gasteiger partial charge in [0.25, 0.3) is 0 Å². The van der Waals surface area contributed by atoms with Crippen LogP contribution >= 0.6 is 0 Å². The van der Waals surface area contributed by atoms with Crippen molar-refractivity contribution in [3.8, 4) is 0 Å². The van der Waals surface area contributed by atoms with Crippen LogP contribution in [0, 0.1) is 0 Å². The molecule has 0 heterocycles. The lowest BCUT2D eigenvalue weighted by Gasteiger charge is -2.02. The van der Waals surface area contributed by atoms with Crippen LogP contribution < -0.4 is 11.1 Å². The molecular weight excluding hydrogens is 184 g/mol. The quantitative estimate of drug-likeness (QED) is 0.490. The summed E-state index contributed by atoms with van der Waals surface area (Å²) in [5.41, 5.74) is 5.44. The minimum absolute atomic E-state index is 0.867. The van der Waals surface area contributed by atoms with Crippen LogP contribution in [0.2, 0.25) is 0 Å². The van der Waals surface area contributed by atoms with Gasteiger partial charge in [-0.15, -0.1) is 0 Å². The Labute approximate surface area is 96.0 Å². The number of hydrogen-bond donors (Lipinski definition) is 2. The highest BCUT2D eigenvalue weighted by molar-refractivity contribution is 4.49. The Hall–Kier alpha value is -0.0800. The maximum absolute atomic E-state index is 5.44. The first-order valence-corrected chi connectivity index (χ1v) is 6.76. The summed E-state index contributed by atoms with van der Waals surface area (Å²) in [5, 5.41) is 3.19. The van der Waals surface area contributed by atoms with Crippen LogP contribution in [0.15, 0.2) is 0 Å². The average molecular weight is 214 g/mol. The van der Waals surface area contributed by atoms with Gasteiger partial charge in [-0.2, -0.15) is 0 Å². The molecule has 0 aromatic carbocycles. The molecule has 0 aromatic rings. The molecule has 0 atom stereocenters. The van der Waals surface area contributed by atoms with E-state index in [0.717, 1.165) is 6.54 Å². The summed E-state index contributed by atoms with van der Waals surface area (Å²) >= 11 is 0. The van der Waals surface area contributed by atoms with Gasteiger partial charge in [-0.3, -0.25) is 0 Å². The highest BCUT2D eigenvalue weighted by atomic mass is 14.8. The summed E-state index contributed by atoms with van der Waals surface area (Å²) in [7, 11) is 2.03. The second-order valence-electron chi connectivity index (χ2n) is 4.43. The van der Waals surface area contributed by atoms with Gasteiger partial charge in [0.2, 0.25) is 0 Å². The molecule has 0 rings (SSSR count). The molecule has 0 unspecified atom stereocenters. The Morgan fingerprint density at radius 3 is 1.47 bits per heavy atom. The SMILES string of the molecule is CNCCCCCCCCCCCCN. The minimum Gasteiger partial charge on any atom is -0.330 e. The van der Waals surface area contributed by atoms with Crippen LogP contribution in [0.4, 0.5) is 0 Å². The maximum Gasteiger partial charge on any atom is -0.00519 e. The van der Waals surface area contributed by atoms with E-state index in [4.69, 9.17) is 5.73 Å². The minimum atomic E-state index is 0.867. The fraction of sp³-hybridized carbons (Fsp3) is 1.00. The fourth-order valence-electron chi connectivity index (χ4n) is 1.86. The van der Waals surface area contributed by atoms with E-state index in [9.17, 15) is 0 Å². The van der Waals surface area contributed by atoms with Crippen molar-refractivity contribution in [2.24, 2.45) is 5.73 Å². The van der Waals surface area contributed by atoms with E-state index >= 15 is 0 Å². The summed E-state index contributed by atoms with van der Waals surface area (Å²) in [6, 6.07) is 0. The molecule has 0 spiro atoms. The Morgan fingerprint density at radius 2 is 1.07 bits per heavy atom. The molecule has 0 bridgehead atoms. The van der Waals surface area contributed by atoms with Crippen LogP contribution in [0.1, 0.15) is 64.2 Å². The van der Waals surface area contributed by atoms with Crippen molar-refractivity contribution in [3.05, 3.63) is 0 Å². The lowest BCUT2D eigenvalue weighted by molar-refractivity contribution is 0.548. The number of hydrogen-bond acceptors (Lipinski definition) is 2. The summed E-state index contributed by atoms with van der Waals surface area (Å²) in [4.78, 5) is 0. The van der Waals surface area contributed by atoms with Crippen molar-refractivity contribution < 1.29 is 0 Å². The van der Waals surface area contributed by atoms with E-state index in [1.807, 2.05) is 7.05 Å². The van der Waals surface area contributed by atoms with E-state index in [2.05, 4.69) is 5.32 Å². The van der Waals surface area contributed by atoms with Crippen LogP contribution in [0.25, 0.3) is 0 Å². The van der Waals surface area contributed by atoms with Gasteiger partial charge in [0.05, 0.1) is 0 Å². The first kappa shape index (κ1) is 14.9. The van der Waals surface area contributed by atoms with E-state index < -0.39 is 0 Å². The fourth-order valence-corrected chi connectivity index (χ4v) is 1.86. The normalized spacial score (nSPS) is 10.8. The number of nitrogens with two attached hydrogens (primary N) is 1. The van der Waals surface area contributed by atoms with Crippen LogP contribution in [0.3, 0.4) is 0 Å². The van der Waals surface area contributed by atoms with E-state index in [-0.39, 0.29) is 0 Å². The van der Waals surface area contributed by atoms with Crippen LogP contribution in [-0.4, -0.2) is 20.1 Å². The molecule has 15 heavy (non-hydrogen) atoms. The first-order chi connectivity index (χ1) is 7.41. The zero-order chi connectivity index (χ0) is 11.2. The summed E-state index contributed by atoms with van der Waals surface area (Å²) in [6.45, 7) is 2.05. The summed E-state index contributed by atoms with van der Waals surface area (Å²) in [6.07, 6.45) is 13.8. The third kappa shape index (κ3) is 13.9. The third-order valence-electron chi connectivity index (χ3n) is 2.88. The molecule has 2 nitrogen and oxygen atoms in total. The molecule has 3 N–H and O–H groups in total. The van der Waals surface area contributed by atoms with Crippen molar-refractivity contribution in [1.82, 2.24) is 5.32 Å². The van der Waals surface area contributed by atoms with Crippen LogP contribution in [0.5, 0.6) is 0 Å². The maximum atomic E-state index is 5.44. The predicted octanol–water partition coefficient (Wildman–Crippen LogP) is 3.07. The number of rotatable bonds is 12. The van der Waals surface area contributed by atoms with Crippen molar-refractivity contribution in [1.29, 1.82) is 0 Å². The smallest absolute Gasteiger partial charge is 0.00519 e. The Bertz CT molecular complexity index is 92.7. The van der Waals surface area contributed by atoms with E-state index in [0.29, 0.717) is 0 Å². The third-order valence-corrected chi connectivity index (χ3v) is 2.88.